The molecule has 1 aliphatic heterocycles. The summed E-state index contributed by atoms with van der Waals surface area (Å²) in [5, 5.41) is 0.701. The summed E-state index contributed by atoms with van der Waals surface area (Å²) in [6.07, 6.45) is 1.93. The van der Waals surface area contributed by atoms with E-state index in [0.29, 0.717) is 5.02 Å². The molecule has 0 saturated carbocycles. The predicted octanol–water partition coefficient (Wildman–Crippen LogP) is 3.07. The molecule has 4 rings (SSSR count). The Bertz CT molecular complexity index is 853. The number of morpholine rings is 1. The van der Waals surface area contributed by atoms with Gasteiger partial charge in [0.05, 0.1) is 29.6 Å². The Hall–Kier alpha value is -2.08. The predicted molar refractivity (Wildman–Crippen MR) is 96.1 cm³/mol. The number of nitrogens with two attached hydrogens (primary N) is 1. The highest BCUT2D eigenvalue weighted by Gasteiger charge is 2.19. The third kappa shape index (κ3) is 2.98. The number of nitrogens with zero attached hydrogens (tertiary/aromatic N) is 3. The lowest BCUT2D eigenvalue weighted by atomic mass is 10.1. The van der Waals surface area contributed by atoms with Gasteiger partial charge in [-0.15, -0.1) is 0 Å². The van der Waals surface area contributed by atoms with E-state index in [0.717, 1.165) is 61.1 Å². The second kappa shape index (κ2) is 6.43. The molecule has 3 aromatic rings. The zero-order valence-electron chi connectivity index (χ0n) is 13.3. The Morgan fingerprint density at radius 2 is 1.83 bits per heavy atom. The summed E-state index contributed by atoms with van der Waals surface area (Å²) in [5.74, 6) is 0. The number of hydrogen-bond acceptors (Lipinski definition) is 4. The van der Waals surface area contributed by atoms with Crippen LogP contribution in [0.3, 0.4) is 0 Å². The summed E-state index contributed by atoms with van der Waals surface area (Å²) < 4.78 is 7.54. The normalized spacial score (nSPS) is 15.9. The molecule has 2 N–H and O–H groups in total. The number of hydrogen-bond donors (Lipinski definition) is 1. The molecular weight excluding hydrogens is 324 g/mol. The van der Waals surface area contributed by atoms with Gasteiger partial charge in [-0.25, -0.2) is 4.98 Å². The van der Waals surface area contributed by atoms with Crippen molar-refractivity contribution in [1.29, 1.82) is 0 Å². The molecule has 0 atom stereocenters. The number of anilines is 1. The fourth-order valence-corrected chi connectivity index (χ4v) is 3.22. The zero-order chi connectivity index (χ0) is 16.5. The summed E-state index contributed by atoms with van der Waals surface area (Å²) in [4.78, 5) is 7.21. The Kier molecular flexibility index (Phi) is 4.14. The van der Waals surface area contributed by atoms with Gasteiger partial charge in [-0.3, -0.25) is 4.90 Å². The van der Waals surface area contributed by atoms with Gasteiger partial charge < -0.3 is 14.9 Å². The van der Waals surface area contributed by atoms with Crippen molar-refractivity contribution in [3.8, 4) is 11.3 Å². The van der Waals surface area contributed by atoms with Crippen LogP contribution in [0.2, 0.25) is 5.02 Å². The molecule has 5 nitrogen and oxygen atoms in total. The standard InChI is InChI=1S/C18H19ClN4O/c19-14-3-6-17-21-18(13-1-4-15(20)5-2-13)16(23(17)11-14)12-22-7-9-24-10-8-22/h1-6,11H,7-10,12,20H2. The van der Waals surface area contributed by atoms with Crippen LogP contribution in [0, 0.1) is 0 Å². The Morgan fingerprint density at radius 1 is 1.08 bits per heavy atom. The summed E-state index contributed by atoms with van der Waals surface area (Å²) in [6.45, 7) is 4.21. The first kappa shape index (κ1) is 15.4. The molecule has 0 spiro atoms. The number of rotatable bonds is 3. The number of pyridine rings is 1. The summed E-state index contributed by atoms with van der Waals surface area (Å²) >= 11 is 6.21. The van der Waals surface area contributed by atoms with E-state index >= 15 is 0 Å². The van der Waals surface area contributed by atoms with Crippen molar-refractivity contribution < 1.29 is 4.74 Å². The molecule has 1 saturated heterocycles. The number of nitrogen functional groups attached to an aromatic ring is 1. The van der Waals surface area contributed by atoms with Crippen LogP contribution in [0.15, 0.2) is 42.6 Å². The van der Waals surface area contributed by atoms with Crippen molar-refractivity contribution in [2.45, 2.75) is 6.54 Å². The van der Waals surface area contributed by atoms with E-state index in [1.165, 1.54) is 0 Å². The van der Waals surface area contributed by atoms with Crippen LogP contribution in [0.4, 0.5) is 5.69 Å². The molecule has 1 aliphatic rings. The van der Waals surface area contributed by atoms with Gasteiger partial charge in [0.15, 0.2) is 0 Å². The van der Waals surface area contributed by atoms with Crippen LogP contribution in [-0.2, 0) is 11.3 Å². The second-order valence-electron chi connectivity index (χ2n) is 5.99. The molecule has 24 heavy (non-hydrogen) atoms. The topological polar surface area (TPSA) is 55.8 Å². The van der Waals surface area contributed by atoms with Gasteiger partial charge in [0, 0.05) is 37.1 Å². The quantitative estimate of drug-likeness (QED) is 0.743. The van der Waals surface area contributed by atoms with Crippen molar-refractivity contribution >= 4 is 22.9 Å². The van der Waals surface area contributed by atoms with Gasteiger partial charge in [0.2, 0.25) is 0 Å². The van der Waals surface area contributed by atoms with E-state index in [1.54, 1.807) is 0 Å². The lowest BCUT2D eigenvalue weighted by molar-refractivity contribution is 0.0336. The van der Waals surface area contributed by atoms with E-state index in [-0.39, 0.29) is 0 Å². The molecule has 0 radical (unpaired) electrons. The van der Waals surface area contributed by atoms with Crippen LogP contribution in [-0.4, -0.2) is 40.6 Å². The van der Waals surface area contributed by atoms with E-state index in [2.05, 4.69) is 9.30 Å². The number of halogens is 1. The van der Waals surface area contributed by atoms with Gasteiger partial charge in [-0.2, -0.15) is 0 Å². The van der Waals surface area contributed by atoms with Crippen molar-refractivity contribution in [3.05, 3.63) is 53.3 Å². The third-order valence-electron chi connectivity index (χ3n) is 4.34. The molecule has 0 amide bonds. The average molecular weight is 343 g/mol. The van der Waals surface area contributed by atoms with Crippen molar-refractivity contribution in [1.82, 2.24) is 14.3 Å². The highest BCUT2D eigenvalue weighted by molar-refractivity contribution is 6.30. The van der Waals surface area contributed by atoms with Crippen LogP contribution in [0.5, 0.6) is 0 Å². The molecule has 0 unspecified atom stereocenters. The summed E-state index contributed by atoms with van der Waals surface area (Å²) in [6, 6.07) is 11.7. The minimum atomic E-state index is 0.701. The minimum absolute atomic E-state index is 0.701. The first-order chi connectivity index (χ1) is 11.7. The van der Waals surface area contributed by atoms with Gasteiger partial charge in [0.25, 0.3) is 0 Å². The summed E-state index contributed by atoms with van der Waals surface area (Å²) in [5.41, 5.74) is 10.6. The Labute approximate surface area is 145 Å². The van der Waals surface area contributed by atoms with Crippen LogP contribution >= 0.6 is 11.6 Å². The molecule has 1 fully saturated rings. The van der Waals surface area contributed by atoms with Crippen LogP contribution < -0.4 is 5.73 Å². The first-order valence-electron chi connectivity index (χ1n) is 8.03. The summed E-state index contributed by atoms with van der Waals surface area (Å²) in [7, 11) is 0. The fourth-order valence-electron chi connectivity index (χ4n) is 3.06. The fraction of sp³-hybridized carbons (Fsp3) is 0.278. The maximum atomic E-state index is 6.21. The molecule has 0 aliphatic carbocycles. The number of benzene rings is 1. The zero-order valence-corrected chi connectivity index (χ0v) is 14.0. The van der Waals surface area contributed by atoms with E-state index in [9.17, 15) is 0 Å². The van der Waals surface area contributed by atoms with Crippen molar-refractivity contribution in [2.24, 2.45) is 0 Å². The van der Waals surface area contributed by atoms with Crippen molar-refractivity contribution in [2.75, 3.05) is 32.0 Å². The smallest absolute Gasteiger partial charge is 0.137 e. The lowest BCUT2D eigenvalue weighted by Gasteiger charge is -2.26. The molecule has 1 aromatic carbocycles. The second-order valence-corrected chi connectivity index (χ2v) is 6.43. The molecule has 124 valence electrons. The number of ether oxygens (including phenoxy) is 1. The SMILES string of the molecule is Nc1ccc(-c2nc3ccc(Cl)cn3c2CN2CCOCC2)cc1. The number of fused-ring (bicyclic) bond motifs is 1. The maximum Gasteiger partial charge on any atom is 0.137 e. The van der Waals surface area contributed by atoms with E-state index < -0.39 is 0 Å². The minimum Gasteiger partial charge on any atom is -0.399 e. The molecule has 0 bridgehead atoms. The third-order valence-corrected chi connectivity index (χ3v) is 4.57. The van der Waals surface area contributed by atoms with E-state index in [4.69, 9.17) is 27.1 Å². The monoisotopic (exact) mass is 342 g/mol. The molecule has 3 heterocycles. The molecule has 2 aromatic heterocycles. The van der Waals surface area contributed by atoms with E-state index in [1.807, 2.05) is 42.6 Å². The molecular formula is C18H19ClN4O. The molecule has 6 heteroatoms. The lowest BCUT2D eigenvalue weighted by Crippen LogP contribution is -2.36. The Balaban J connectivity index is 1.81. The van der Waals surface area contributed by atoms with Gasteiger partial charge >= 0.3 is 0 Å². The van der Waals surface area contributed by atoms with Crippen LogP contribution in [0.1, 0.15) is 5.69 Å². The highest BCUT2D eigenvalue weighted by atomic mass is 35.5. The largest absolute Gasteiger partial charge is 0.399 e. The highest BCUT2D eigenvalue weighted by Crippen LogP contribution is 2.27. The maximum absolute atomic E-state index is 6.21. The van der Waals surface area contributed by atoms with Crippen molar-refractivity contribution in [3.63, 3.8) is 0 Å². The first-order valence-corrected chi connectivity index (χ1v) is 8.41. The number of imidazole rings is 1. The van der Waals surface area contributed by atoms with Crippen LogP contribution in [0.25, 0.3) is 16.9 Å². The average Bonchev–Trinajstić information content (AvgIpc) is 2.94. The number of aromatic nitrogens is 2. The van der Waals surface area contributed by atoms with Gasteiger partial charge in [-0.1, -0.05) is 23.7 Å². The Morgan fingerprint density at radius 3 is 2.58 bits per heavy atom. The van der Waals surface area contributed by atoms with Gasteiger partial charge in [-0.05, 0) is 24.3 Å². The van der Waals surface area contributed by atoms with Gasteiger partial charge in [0.1, 0.15) is 5.65 Å².